The highest BCUT2D eigenvalue weighted by atomic mass is 16.6. The topological polar surface area (TPSA) is 72.5 Å². The van der Waals surface area contributed by atoms with Gasteiger partial charge < -0.3 is 15.6 Å². The van der Waals surface area contributed by atoms with Crippen molar-refractivity contribution in [3.05, 3.63) is 35.9 Å². The van der Waals surface area contributed by atoms with E-state index in [2.05, 4.69) is 0 Å². The largest absolute Gasteiger partial charge is 0.458 e. The molecule has 1 aromatic carbocycles. The van der Waals surface area contributed by atoms with Gasteiger partial charge in [0.05, 0.1) is 6.04 Å². The fourth-order valence-electron chi connectivity index (χ4n) is 1.37. The second-order valence-corrected chi connectivity index (χ2v) is 4.91. The molecule has 0 radical (unpaired) electrons. The van der Waals surface area contributed by atoms with Crippen molar-refractivity contribution in [3.63, 3.8) is 0 Å². The molecule has 4 heteroatoms. The van der Waals surface area contributed by atoms with Gasteiger partial charge in [0.1, 0.15) is 5.60 Å². The van der Waals surface area contributed by atoms with E-state index in [0.717, 1.165) is 0 Å². The van der Waals surface area contributed by atoms with Gasteiger partial charge in [-0.05, 0) is 26.3 Å². The van der Waals surface area contributed by atoms with Crippen LogP contribution < -0.4 is 5.73 Å². The Kier molecular flexibility index (Phi) is 4.26. The highest BCUT2D eigenvalue weighted by Gasteiger charge is 2.28. The van der Waals surface area contributed by atoms with Crippen LogP contribution >= 0.6 is 0 Å². The molecule has 4 nitrogen and oxygen atoms in total. The number of nitrogens with two attached hydrogens (primary N) is 1. The third-order valence-electron chi connectivity index (χ3n) is 2.17. The number of hydrogen-bond acceptors (Lipinski definition) is 4. The number of carbonyl (C=O) groups is 1. The van der Waals surface area contributed by atoms with Crippen molar-refractivity contribution < 1.29 is 14.6 Å². The maximum Gasteiger partial charge on any atom is 0.337 e. The van der Waals surface area contributed by atoms with Gasteiger partial charge in [-0.1, -0.05) is 30.3 Å². The number of benzene rings is 1. The van der Waals surface area contributed by atoms with Crippen molar-refractivity contribution in [2.45, 2.75) is 38.5 Å². The summed E-state index contributed by atoms with van der Waals surface area (Å²) < 4.78 is 5.07. The maximum atomic E-state index is 11.6. The summed E-state index contributed by atoms with van der Waals surface area (Å²) in [5.74, 6) is -0.700. The monoisotopic (exact) mass is 237 g/mol. The quantitative estimate of drug-likeness (QED) is 0.779. The van der Waals surface area contributed by atoms with E-state index in [1.165, 1.54) is 0 Å². The molecular weight excluding hydrogens is 218 g/mol. The summed E-state index contributed by atoms with van der Waals surface area (Å²) >= 11 is 0. The Labute approximate surface area is 101 Å². The van der Waals surface area contributed by atoms with E-state index in [9.17, 15) is 9.90 Å². The molecule has 0 aliphatic heterocycles. The van der Waals surface area contributed by atoms with Crippen LogP contribution in [0.2, 0.25) is 0 Å². The molecule has 2 unspecified atom stereocenters. The number of aliphatic hydroxyl groups excluding tert-OH is 1. The molecule has 2 atom stereocenters. The molecular formula is C13H19NO3. The lowest BCUT2D eigenvalue weighted by Gasteiger charge is -2.24. The molecule has 17 heavy (non-hydrogen) atoms. The van der Waals surface area contributed by atoms with Crippen LogP contribution in [0, 0.1) is 0 Å². The van der Waals surface area contributed by atoms with Gasteiger partial charge in [0.25, 0.3) is 0 Å². The van der Waals surface area contributed by atoms with E-state index in [-0.39, 0.29) is 0 Å². The minimum absolute atomic E-state index is 0.630. The summed E-state index contributed by atoms with van der Waals surface area (Å²) in [6.07, 6.45) is -1.35. The molecule has 0 bridgehead atoms. The molecule has 0 saturated heterocycles. The smallest absolute Gasteiger partial charge is 0.337 e. The van der Waals surface area contributed by atoms with Crippen LogP contribution in [0.5, 0.6) is 0 Å². The van der Waals surface area contributed by atoms with E-state index in [1.807, 2.05) is 6.07 Å². The molecule has 0 spiro atoms. The van der Waals surface area contributed by atoms with Crippen molar-refractivity contribution >= 4 is 5.97 Å². The first kappa shape index (κ1) is 13.7. The van der Waals surface area contributed by atoms with Gasteiger partial charge >= 0.3 is 5.97 Å². The Hall–Kier alpha value is -1.39. The molecule has 0 fully saturated rings. The fourth-order valence-corrected chi connectivity index (χ4v) is 1.37. The zero-order valence-electron chi connectivity index (χ0n) is 10.4. The third-order valence-corrected chi connectivity index (χ3v) is 2.17. The van der Waals surface area contributed by atoms with Crippen LogP contribution in [-0.4, -0.2) is 22.8 Å². The summed E-state index contributed by atoms with van der Waals surface area (Å²) in [5, 5.41) is 9.80. The average Bonchev–Trinajstić information content (AvgIpc) is 2.26. The van der Waals surface area contributed by atoms with Crippen LogP contribution in [0.4, 0.5) is 0 Å². The molecule has 94 valence electrons. The first-order chi connectivity index (χ1) is 7.81. The Morgan fingerprint density at radius 3 is 2.29 bits per heavy atom. The van der Waals surface area contributed by atoms with E-state index in [4.69, 9.17) is 10.5 Å². The molecule has 0 saturated carbocycles. The number of ether oxygens (including phenoxy) is 1. The molecule has 0 aliphatic carbocycles. The number of carbonyl (C=O) groups excluding carboxylic acids is 1. The number of rotatable bonds is 3. The van der Waals surface area contributed by atoms with Gasteiger partial charge in [0, 0.05) is 0 Å². The number of hydrogen-bond donors (Lipinski definition) is 2. The molecule has 1 rings (SSSR count). The number of aliphatic hydroxyl groups is 1. The van der Waals surface area contributed by atoms with Gasteiger partial charge in [0.15, 0.2) is 6.10 Å². The van der Waals surface area contributed by atoms with Crippen molar-refractivity contribution in [1.82, 2.24) is 0 Å². The Morgan fingerprint density at radius 2 is 1.82 bits per heavy atom. The lowest BCUT2D eigenvalue weighted by Crippen LogP contribution is -2.38. The third kappa shape index (κ3) is 4.17. The average molecular weight is 237 g/mol. The lowest BCUT2D eigenvalue weighted by atomic mass is 10.0. The van der Waals surface area contributed by atoms with Gasteiger partial charge in [-0.15, -0.1) is 0 Å². The SMILES string of the molecule is CC(C)(C)OC(=O)C(O)C(N)c1ccccc1. The van der Waals surface area contributed by atoms with Crippen molar-refractivity contribution in [3.8, 4) is 0 Å². The molecule has 0 aromatic heterocycles. The van der Waals surface area contributed by atoms with Crippen LogP contribution in [0.15, 0.2) is 30.3 Å². The van der Waals surface area contributed by atoms with Gasteiger partial charge in [-0.2, -0.15) is 0 Å². The fraction of sp³-hybridized carbons (Fsp3) is 0.462. The summed E-state index contributed by atoms with van der Waals surface area (Å²) in [6.45, 7) is 5.23. The second kappa shape index (κ2) is 5.29. The van der Waals surface area contributed by atoms with Crippen LogP contribution in [0.3, 0.4) is 0 Å². The molecule has 0 heterocycles. The highest BCUT2D eigenvalue weighted by molar-refractivity contribution is 5.76. The summed E-state index contributed by atoms with van der Waals surface area (Å²) in [6, 6.07) is 8.20. The zero-order chi connectivity index (χ0) is 13.1. The van der Waals surface area contributed by atoms with Crippen molar-refractivity contribution in [2.24, 2.45) is 5.73 Å². The summed E-state index contributed by atoms with van der Waals surface area (Å²) in [7, 11) is 0. The predicted octanol–water partition coefficient (Wildman–Crippen LogP) is 1.39. The predicted molar refractivity (Wildman–Crippen MR) is 65.2 cm³/mol. The Bertz CT molecular complexity index is 370. The minimum atomic E-state index is -1.35. The molecule has 0 amide bonds. The van der Waals surface area contributed by atoms with E-state index in [1.54, 1.807) is 45.0 Å². The van der Waals surface area contributed by atoms with Crippen LogP contribution in [0.1, 0.15) is 32.4 Å². The van der Waals surface area contributed by atoms with Crippen LogP contribution in [-0.2, 0) is 9.53 Å². The molecule has 1 aromatic rings. The van der Waals surface area contributed by atoms with Gasteiger partial charge in [0.2, 0.25) is 0 Å². The Balaban J connectivity index is 2.70. The lowest BCUT2D eigenvalue weighted by molar-refractivity contribution is -0.166. The first-order valence-electron chi connectivity index (χ1n) is 5.53. The Morgan fingerprint density at radius 1 is 1.29 bits per heavy atom. The zero-order valence-corrected chi connectivity index (χ0v) is 10.4. The molecule has 0 aliphatic rings. The summed E-state index contributed by atoms with van der Waals surface area (Å²) in [4.78, 5) is 11.6. The van der Waals surface area contributed by atoms with Crippen LogP contribution in [0.25, 0.3) is 0 Å². The first-order valence-corrected chi connectivity index (χ1v) is 5.53. The normalized spacial score (nSPS) is 15.1. The van der Waals surface area contributed by atoms with E-state index < -0.39 is 23.7 Å². The van der Waals surface area contributed by atoms with Gasteiger partial charge in [-0.25, -0.2) is 4.79 Å². The van der Waals surface area contributed by atoms with Crippen molar-refractivity contribution in [2.75, 3.05) is 0 Å². The standard InChI is InChI=1S/C13H19NO3/c1-13(2,3)17-12(16)11(15)10(14)9-7-5-4-6-8-9/h4-8,10-11,15H,14H2,1-3H3. The highest BCUT2D eigenvalue weighted by Crippen LogP contribution is 2.17. The molecule has 3 N–H and O–H groups in total. The number of esters is 1. The summed E-state index contributed by atoms with van der Waals surface area (Å²) in [5.41, 5.74) is 5.88. The van der Waals surface area contributed by atoms with Crippen molar-refractivity contribution in [1.29, 1.82) is 0 Å². The second-order valence-electron chi connectivity index (χ2n) is 4.91. The van der Waals surface area contributed by atoms with E-state index in [0.29, 0.717) is 5.56 Å². The van der Waals surface area contributed by atoms with Gasteiger partial charge in [-0.3, -0.25) is 0 Å². The minimum Gasteiger partial charge on any atom is -0.458 e. The maximum absolute atomic E-state index is 11.6. The van der Waals surface area contributed by atoms with E-state index >= 15 is 0 Å².